The largest absolute Gasteiger partial charge is 0.383 e. The fourth-order valence-electron chi connectivity index (χ4n) is 3.11. The molecule has 156 valence electrons. The number of rotatable bonds is 8. The number of hydrogen-bond donors (Lipinski definition) is 0. The topological polar surface area (TPSA) is 63.7 Å². The van der Waals surface area contributed by atoms with Gasteiger partial charge in [0.15, 0.2) is 0 Å². The van der Waals surface area contributed by atoms with Crippen LogP contribution in [-0.2, 0) is 29.6 Å². The molecule has 0 N–H and O–H groups in total. The van der Waals surface area contributed by atoms with Gasteiger partial charge in [-0.1, -0.05) is 61.5 Å². The van der Waals surface area contributed by atoms with Gasteiger partial charge in [-0.25, -0.2) is 0 Å². The molecule has 30 heavy (non-hydrogen) atoms. The minimum Gasteiger partial charge on any atom is -0.383 e. The van der Waals surface area contributed by atoms with Crippen LogP contribution in [-0.4, -0.2) is 25.5 Å². The van der Waals surface area contributed by atoms with Crippen molar-refractivity contribution >= 4 is 16.0 Å². The summed E-state index contributed by atoms with van der Waals surface area (Å²) in [6, 6.07) is 24.2. The smallest absolute Gasteiger partial charge is 0.306 e. The highest BCUT2D eigenvalue weighted by Gasteiger charge is 2.17. The molecule has 0 aliphatic carbocycles. The summed E-state index contributed by atoms with van der Waals surface area (Å²) in [4.78, 5) is 15.0. The molecule has 6 heteroatoms. The normalized spacial score (nSPS) is 11.1. The molecular formula is C24H25NO4S. The van der Waals surface area contributed by atoms with Crippen molar-refractivity contribution < 1.29 is 17.4 Å². The van der Waals surface area contributed by atoms with Crippen molar-refractivity contribution in [2.75, 3.05) is 6.26 Å². The van der Waals surface area contributed by atoms with Gasteiger partial charge in [-0.2, -0.15) is 8.42 Å². The van der Waals surface area contributed by atoms with E-state index in [2.05, 4.69) is 6.92 Å². The number of hydrogen-bond acceptors (Lipinski definition) is 4. The molecule has 0 aromatic heterocycles. The van der Waals surface area contributed by atoms with E-state index in [0.717, 1.165) is 23.8 Å². The number of amides is 1. The summed E-state index contributed by atoms with van der Waals surface area (Å²) in [5.74, 6) is 0.190. The van der Waals surface area contributed by atoms with E-state index in [1.165, 1.54) is 5.56 Å². The summed E-state index contributed by atoms with van der Waals surface area (Å²) in [6.45, 7) is 2.94. The molecule has 0 atom stereocenters. The molecule has 0 radical (unpaired) electrons. The minimum absolute atomic E-state index is 0.0574. The molecule has 0 saturated carbocycles. The van der Waals surface area contributed by atoms with Gasteiger partial charge in [0.05, 0.1) is 6.26 Å². The van der Waals surface area contributed by atoms with Crippen molar-refractivity contribution in [2.24, 2.45) is 0 Å². The molecule has 0 aliphatic heterocycles. The van der Waals surface area contributed by atoms with Gasteiger partial charge in [0.1, 0.15) is 5.75 Å². The van der Waals surface area contributed by atoms with Crippen LogP contribution in [0.2, 0.25) is 0 Å². The van der Waals surface area contributed by atoms with Gasteiger partial charge in [0.2, 0.25) is 0 Å². The summed E-state index contributed by atoms with van der Waals surface area (Å²) in [5, 5.41) is 0. The van der Waals surface area contributed by atoms with Gasteiger partial charge in [0.25, 0.3) is 5.91 Å². The Morgan fingerprint density at radius 2 is 1.33 bits per heavy atom. The van der Waals surface area contributed by atoms with Crippen molar-refractivity contribution in [1.29, 1.82) is 0 Å². The lowest BCUT2D eigenvalue weighted by Gasteiger charge is -2.23. The number of benzene rings is 3. The van der Waals surface area contributed by atoms with Gasteiger partial charge in [0, 0.05) is 18.7 Å². The standard InChI is InChI=1S/C24H25NO4S/c1-3-19-9-13-22(14-10-19)24(26)25(17-20-7-5-4-6-8-20)18-21-11-15-23(16-12-21)29-30(2,27)28/h4-16H,3,17-18H2,1-2H3. The fraction of sp³-hybridized carbons (Fsp3) is 0.208. The number of carbonyl (C=O) groups is 1. The summed E-state index contributed by atoms with van der Waals surface area (Å²) in [7, 11) is -3.57. The molecule has 0 fully saturated rings. The van der Waals surface area contributed by atoms with Crippen LogP contribution in [0.15, 0.2) is 78.9 Å². The van der Waals surface area contributed by atoms with Crippen LogP contribution < -0.4 is 4.18 Å². The van der Waals surface area contributed by atoms with Crippen LogP contribution >= 0.6 is 0 Å². The molecule has 0 unspecified atom stereocenters. The molecule has 0 aliphatic rings. The molecular weight excluding hydrogens is 398 g/mol. The Hall–Kier alpha value is -3.12. The Bertz CT molecular complexity index is 1080. The van der Waals surface area contributed by atoms with Crippen LogP contribution in [0.25, 0.3) is 0 Å². The predicted molar refractivity (Wildman–Crippen MR) is 118 cm³/mol. The van der Waals surface area contributed by atoms with Crippen LogP contribution in [0.3, 0.4) is 0 Å². The van der Waals surface area contributed by atoms with Gasteiger partial charge >= 0.3 is 10.1 Å². The highest BCUT2D eigenvalue weighted by Crippen LogP contribution is 2.18. The molecule has 3 aromatic carbocycles. The van der Waals surface area contributed by atoms with Gasteiger partial charge in [-0.05, 0) is 47.4 Å². The highest BCUT2D eigenvalue weighted by molar-refractivity contribution is 7.86. The lowest BCUT2D eigenvalue weighted by Crippen LogP contribution is -2.30. The zero-order valence-electron chi connectivity index (χ0n) is 17.1. The first kappa shape index (κ1) is 21.6. The Labute approximate surface area is 178 Å². The third kappa shape index (κ3) is 6.19. The lowest BCUT2D eigenvalue weighted by molar-refractivity contribution is 0.0730. The van der Waals surface area contributed by atoms with Crippen LogP contribution in [0.5, 0.6) is 5.75 Å². The number of aryl methyl sites for hydroxylation is 1. The van der Waals surface area contributed by atoms with Crippen LogP contribution in [0.4, 0.5) is 0 Å². The van der Waals surface area contributed by atoms with Gasteiger partial charge in [-0.3, -0.25) is 4.79 Å². The average molecular weight is 424 g/mol. The predicted octanol–water partition coefficient (Wildman–Crippen LogP) is 4.43. The first-order chi connectivity index (χ1) is 14.3. The zero-order valence-corrected chi connectivity index (χ0v) is 17.9. The zero-order chi connectivity index (χ0) is 21.6. The first-order valence-electron chi connectivity index (χ1n) is 9.74. The van der Waals surface area contributed by atoms with E-state index in [1.807, 2.05) is 54.6 Å². The molecule has 1 amide bonds. The van der Waals surface area contributed by atoms with Crippen LogP contribution in [0, 0.1) is 0 Å². The van der Waals surface area contributed by atoms with E-state index in [9.17, 15) is 13.2 Å². The van der Waals surface area contributed by atoms with E-state index in [1.54, 1.807) is 29.2 Å². The van der Waals surface area contributed by atoms with Crippen molar-refractivity contribution in [3.8, 4) is 5.75 Å². The highest BCUT2D eigenvalue weighted by atomic mass is 32.2. The van der Waals surface area contributed by atoms with Crippen molar-refractivity contribution in [2.45, 2.75) is 26.4 Å². The third-order valence-corrected chi connectivity index (χ3v) is 5.15. The maximum Gasteiger partial charge on any atom is 0.306 e. The summed E-state index contributed by atoms with van der Waals surface area (Å²) in [5.41, 5.74) is 3.74. The average Bonchev–Trinajstić information content (AvgIpc) is 2.74. The van der Waals surface area contributed by atoms with E-state index in [0.29, 0.717) is 18.7 Å². The van der Waals surface area contributed by atoms with E-state index >= 15 is 0 Å². The van der Waals surface area contributed by atoms with Crippen molar-refractivity contribution in [3.63, 3.8) is 0 Å². The van der Waals surface area contributed by atoms with Crippen molar-refractivity contribution in [1.82, 2.24) is 4.90 Å². The Balaban J connectivity index is 1.82. The maximum atomic E-state index is 13.2. The molecule has 5 nitrogen and oxygen atoms in total. The summed E-state index contributed by atoms with van der Waals surface area (Å²) in [6.07, 6.45) is 1.93. The Kier molecular flexibility index (Phi) is 6.90. The summed E-state index contributed by atoms with van der Waals surface area (Å²) < 4.78 is 27.5. The molecule has 3 rings (SSSR count). The van der Waals surface area contributed by atoms with E-state index < -0.39 is 10.1 Å². The molecule has 3 aromatic rings. The molecule has 0 spiro atoms. The Morgan fingerprint density at radius 3 is 1.87 bits per heavy atom. The van der Waals surface area contributed by atoms with E-state index in [4.69, 9.17) is 4.18 Å². The fourth-order valence-corrected chi connectivity index (χ4v) is 3.58. The summed E-state index contributed by atoms with van der Waals surface area (Å²) >= 11 is 0. The molecule has 0 heterocycles. The molecule has 0 bridgehead atoms. The van der Waals surface area contributed by atoms with Crippen molar-refractivity contribution in [3.05, 3.63) is 101 Å². The minimum atomic E-state index is -3.57. The van der Waals surface area contributed by atoms with Crippen LogP contribution in [0.1, 0.15) is 34.0 Å². The third-order valence-electron chi connectivity index (χ3n) is 4.66. The maximum absolute atomic E-state index is 13.2. The monoisotopic (exact) mass is 423 g/mol. The Morgan fingerprint density at radius 1 is 0.800 bits per heavy atom. The SMILES string of the molecule is CCc1ccc(C(=O)N(Cc2ccccc2)Cc2ccc(OS(C)(=O)=O)cc2)cc1. The quantitative estimate of drug-likeness (QED) is 0.503. The lowest BCUT2D eigenvalue weighted by atomic mass is 10.1. The number of carbonyl (C=O) groups excluding carboxylic acids is 1. The number of nitrogens with zero attached hydrogens (tertiary/aromatic N) is 1. The van der Waals surface area contributed by atoms with Gasteiger partial charge in [-0.15, -0.1) is 0 Å². The first-order valence-corrected chi connectivity index (χ1v) is 11.6. The van der Waals surface area contributed by atoms with E-state index in [-0.39, 0.29) is 11.7 Å². The second-order valence-electron chi connectivity index (χ2n) is 7.13. The molecule has 0 saturated heterocycles. The second kappa shape index (κ2) is 9.59. The second-order valence-corrected chi connectivity index (χ2v) is 8.70. The van der Waals surface area contributed by atoms with Gasteiger partial charge < -0.3 is 9.08 Å².